The van der Waals surface area contributed by atoms with E-state index in [9.17, 15) is 14.4 Å². The molecule has 0 saturated heterocycles. The normalized spacial score (nSPS) is 12.5. The molecule has 86 valence electrons. The first kappa shape index (κ1) is 13.4. The van der Waals surface area contributed by atoms with Crippen molar-refractivity contribution in [2.45, 2.75) is 32.4 Å². The molecule has 1 atom stereocenters. The molecule has 0 heterocycles. The van der Waals surface area contributed by atoms with Crippen molar-refractivity contribution in [1.29, 1.82) is 0 Å². The highest BCUT2D eigenvalue weighted by molar-refractivity contribution is 5.95. The second-order valence-electron chi connectivity index (χ2n) is 3.78. The first-order valence-corrected chi connectivity index (χ1v) is 4.33. The van der Waals surface area contributed by atoms with Crippen LogP contribution in [0, 0.1) is 0 Å². The molecular formula is C9H15NO5. The summed E-state index contributed by atoms with van der Waals surface area (Å²) in [6.07, 6.45) is -0.569. The lowest BCUT2D eigenvalue weighted by Crippen LogP contribution is -2.44. The van der Waals surface area contributed by atoms with E-state index in [0.717, 1.165) is 7.11 Å². The highest BCUT2D eigenvalue weighted by Gasteiger charge is 2.24. The van der Waals surface area contributed by atoms with Gasteiger partial charge in [-0.05, 0) is 20.8 Å². The summed E-state index contributed by atoms with van der Waals surface area (Å²) in [7, 11) is 1.12. The zero-order valence-corrected chi connectivity index (χ0v) is 9.20. The van der Waals surface area contributed by atoms with Crippen molar-refractivity contribution in [3.8, 4) is 0 Å². The molecule has 0 radical (unpaired) electrons. The number of carbonyl (C=O) groups excluding carboxylic acids is 3. The van der Waals surface area contributed by atoms with E-state index in [1.807, 2.05) is 0 Å². The van der Waals surface area contributed by atoms with Crippen LogP contribution in [0.5, 0.6) is 0 Å². The van der Waals surface area contributed by atoms with E-state index in [0.29, 0.717) is 0 Å². The van der Waals surface area contributed by atoms with E-state index in [-0.39, 0.29) is 6.29 Å². The maximum absolute atomic E-state index is 11.1. The number of hydrogen-bond donors (Lipinski definition) is 1. The first-order chi connectivity index (χ1) is 6.80. The minimum Gasteiger partial charge on any atom is -0.467 e. The van der Waals surface area contributed by atoms with Crippen molar-refractivity contribution in [2.75, 3.05) is 7.11 Å². The Labute approximate surface area is 87.9 Å². The van der Waals surface area contributed by atoms with Crippen molar-refractivity contribution in [3.63, 3.8) is 0 Å². The number of aldehydes is 1. The number of rotatable bonds is 3. The van der Waals surface area contributed by atoms with Crippen molar-refractivity contribution >= 4 is 18.3 Å². The Kier molecular flexibility index (Phi) is 4.77. The van der Waals surface area contributed by atoms with Gasteiger partial charge in [-0.2, -0.15) is 0 Å². The quantitative estimate of drug-likeness (QED) is 0.416. The largest absolute Gasteiger partial charge is 0.467 e. The van der Waals surface area contributed by atoms with Gasteiger partial charge >= 0.3 is 12.1 Å². The van der Waals surface area contributed by atoms with Gasteiger partial charge in [0.05, 0.1) is 7.11 Å². The van der Waals surface area contributed by atoms with E-state index in [4.69, 9.17) is 4.74 Å². The van der Waals surface area contributed by atoms with E-state index in [1.54, 1.807) is 20.8 Å². The zero-order chi connectivity index (χ0) is 12.1. The molecule has 1 unspecified atom stereocenters. The molecule has 15 heavy (non-hydrogen) atoms. The van der Waals surface area contributed by atoms with E-state index in [2.05, 4.69) is 10.1 Å². The summed E-state index contributed by atoms with van der Waals surface area (Å²) in [6.45, 7) is 5.00. The van der Waals surface area contributed by atoms with Crippen LogP contribution in [0.25, 0.3) is 0 Å². The molecule has 6 heteroatoms. The number of carbonyl (C=O) groups is 3. The molecule has 0 aromatic carbocycles. The Hall–Kier alpha value is -1.59. The highest BCUT2D eigenvalue weighted by atomic mass is 16.6. The van der Waals surface area contributed by atoms with Crippen molar-refractivity contribution in [3.05, 3.63) is 0 Å². The van der Waals surface area contributed by atoms with Crippen molar-refractivity contribution in [2.24, 2.45) is 0 Å². The van der Waals surface area contributed by atoms with E-state index >= 15 is 0 Å². The Bertz CT molecular complexity index is 256. The summed E-state index contributed by atoms with van der Waals surface area (Å²) in [6, 6.07) is -1.33. The maximum Gasteiger partial charge on any atom is 0.408 e. The van der Waals surface area contributed by atoms with Crippen LogP contribution in [-0.2, 0) is 19.1 Å². The van der Waals surface area contributed by atoms with E-state index in [1.165, 1.54) is 0 Å². The van der Waals surface area contributed by atoms with Crippen LogP contribution in [0.4, 0.5) is 4.79 Å². The number of amides is 1. The number of methoxy groups -OCH3 is 1. The Morgan fingerprint density at radius 1 is 1.33 bits per heavy atom. The fourth-order valence-electron chi connectivity index (χ4n) is 0.710. The molecule has 0 rings (SSSR count). The Morgan fingerprint density at radius 3 is 2.20 bits per heavy atom. The third kappa shape index (κ3) is 5.66. The summed E-state index contributed by atoms with van der Waals surface area (Å²) < 4.78 is 9.14. The molecule has 1 amide bonds. The minimum atomic E-state index is -1.33. The van der Waals surface area contributed by atoms with Crippen LogP contribution < -0.4 is 5.32 Å². The number of esters is 1. The molecule has 0 aliphatic rings. The van der Waals surface area contributed by atoms with Crippen molar-refractivity contribution < 1.29 is 23.9 Å². The van der Waals surface area contributed by atoms with Gasteiger partial charge < -0.3 is 19.6 Å². The molecule has 6 nitrogen and oxygen atoms in total. The maximum atomic E-state index is 11.1. The third-order valence-electron chi connectivity index (χ3n) is 1.26. The van der Waals surface area contributed by atoms with Crippen LogP contribution in [0.3, 0.4) is 0 Å². The molecule has 0 bridgehead atoms. The van der Waals surface area contributed by atoms with Crippen LogP contribution >= 0.6 is 0 Å². The van der Waals surface area contributed by atoms with Gasteiger partial charge in [-0.3, -0.25) is 0 Å². The lowest BCUT2D eigenvalue weighted by atomic mass is 10.2. The Balaban J connectivity index is 4.26. The highest BCUT2D eigenvalue weighted by Crippen LogP contribution is 2.06. The fraction of sp³-hybridized carbons (Fsp3) is 0.667. The van der Waals surface area contributed by atoms with Crippen LogP contribution in [0.2, 0.25) is 0 Å². The lowest BCUT2D eigenvalue weighted by Gasteiger charge is -2.20. The molecule has 0 aliphatic heterocycles. The van der Waals surface area contributed by atoms with Gasteiger partial charge in [0.25, 0.3) is 0 Å². The number of hydrogen-bond acceptors (Lipinski definition) is 5. The van der Waals surface area contributed by atoms with Gasteiger partial charge in [-0.25, -0.2) is 9.59 Å². The average Bonchev–Trinajstić information content (AvgIpc) is 2.10. The Morgan fingerprint density at radius 2 is 1.87 bits per heavy atom. The molecule has 0 aromatic rings. The summed E-state index contributed by atoms with van der Waals surface area (Å²) in [5.74, 6) is -0.837. The molecule has 0 aliphatic carbocycles. The standard InChI is InChI=1S/C9H15NO5/c1-9(2,3)15-8(13)10-6(5-11)7(12)14-4/h5-6H,1-4H3,(H,10,13). The predicted octanol–water partition coefficient (Wildman–Crippen LogP) is 0.252. The van der Waals surface area contributed by atoms with E-state index < -0.39 is 23.7 Å². The molecule has 0 saturated carbocycles. The summed E-state index contributed by atoms with van der Waals surface area (Å²) in [5.41, 5.74) is -0.687. The summed E-state index contributed by atoms with van der Waals surface area (Å²) in [5, 5.41) is 2.07. The van der Waals surface area contributed by atoms with Gasteiger partial charge in [0.15, 0.2) is 12.3 Å². The molecule has 0 spiro atoms. The number of nitrogens with one attached hydrogen (secondary N) is 1. The topological polar surface area (TPSA) is 81.7 Å². The fourth-order valence-corrected chi connectivity index (χ4v) is 0.710. The minimum absolute atomic E-state index is 0.274. The van der Waals surface area contributed by atoms with Gasteiger partial charge in [0.1, 0.15) is 5.60 Å². The second kappa shape index (κ2) is 5.33. The smallest absolute Gasteiger partial charge is 0.408 e. The zero-order valence-electron chi connectivity index (χ0n) is 9.20. The lowest BCUT2D eigenvalue weighted by molar-refractivity contribution is -0.144. The van der Waals surface area contributed by atoms with Gasteiger partial charge in [0, 0.05) is 0 Å². The first-order valence-electron chi connectivity index (χ1n) is 4.33. The van der Waals surface area contributed by atoms with Crippen LogP contribution in [-0.4, -0.2) is 37.1 Å². The third-order valence-corrected chi connectivity index (χ3v) is 1.26. The molecular weight excluding hydrogens is 202 g/mol. The molecule has 1 N–H and O–H groups in total. The summed E-state index contributed by atoms with van der Waals surface area (Å²) >= 11 is 0. The molecule has 0 fully saturated rings. The molecule has 0 aromatic heterocycles. The van der Waals surface area contributed by atoms with Gasteiger partial charge in [0.2, 0.25) is 0 Å². The SMILES string of the molecule is COC(=O)C(C=O)NC(=O)OC(C)(C)C. The van der Waals surface area contributed by atoms with Crippen LogP contribution in [0.1, 0.15) is 20.8 Å². The monoisotopic (exact) mass is 217 g/mol. The van der Waals surface area contributed by atoms with Crippen molar-refractivity contribution in [1.82, 2.24) is 5.32 Å². The predicted molar refractivity (Wildman–Crippen MR) is 51.2 cm³/mol. The second-order valence-corrected chi connectivity index (χ2v) is 3.78. The number of alkyl carbamates (subject to hydrolysis) is 1. The summed E-state index contributed by atoms with van der Waals surface area (Å²) in [4.78, 5) is 32.5. The van der Waals surface area contributed by atoms with Crippen LogP contribution in [0.15, 0.2) is 0 Å². The number of ether oxygens (including phenoxy) is 2. The average molecular weight is 217 g/mol. The van der Waals surface area contributed by atoms with Gasteiger partial charge in [-0.15, -0.1) is 0 Å². The van der Waals surface area contributed by atoms with Gasteiger partial charge in [-0.1, -0.05) is 0 Å².